The van der Waals surface area contributed by atoms with Crippen LogP contribution in [-0.2, 0) is 30.6 Å². The lowest BCUT2D eigenvalue weighted by Crippen LogP contribution is -2.44. The molecule has 32 heavy (non-hydrogen) atoms. The Morgan fingerprint density at radius 1 is 1.16 bits per heavy atom. The van der Waals surface area contributed by atoms with Crippen LogP contribution in [0.4, 0.5) is 15.8 Å². The van der Waals surface area contributed by atoms with Gasteiger partial charge in [0.1, 0.15) is 5.82 Å². The predicted octanol–water partition coefficient (Wildman–Crippen LogP) is 2.40. The number of amides is 1. The number of sulfonamides is 2. The van der Waals surface area contributed by atoms with Crippen molar-refractivity contribution in [1.29, 1.82) is 0 Å². The molecule has 1 heterocycles. The van der Waals surface area contributed by atoms with E-state index in [1.807, 2.05) is 0 Å². The molecule has 1 atom stereocenters. The molecule has 0 radical (unpaired) electrons. The largest absolute Gasteiger partial charge is 0.326 e. The minimum Gasteiger partial charge on any atom is -0.326 e. The van der Waals surface area contributed by atoms with E-state index in [-0.39, 0.29) is 18.2 Å². The molecule has 11 heteroatoms. The van der Waals surface area contributed by atoms with Gasteiger partial charge in [-0.05, 0) is 48.7 Å². The summed E-state index contributed by atoms with van der Waals surface area (Å²) in [6.07, 6.45) is 2.16. The van der Waals surface area contributed by atoms with Crippen LogP contribution in [0, 0.1) is 11.7 Å². The van der Waals surface area contributed by atoms with Gasteiger partial charge in [0.2, 0.25) is 26.0 Å². The van der Waals surface area contributed by atoms with Crippen LogP contribution in [0.1, 0.15) is 18.4 Å². The van der Waals surface area contributed by atoms with E-state index in [1.54, 1.807) is 24.3 Å². The average molecular weight is 484 g/mol. The Hall–Kier alpha value is -2.50. The molecule has 1 saturated heterocycles. The van der Waals surface area contributed by atoms with Crippen molar-refractivity contribution in [3.63, 3.8) is 0 Å². The number of rotatable bonds is 7. The Balaban J connectivity index is 1.67. The van der Waals surface area contributed by atoms with Crippen molar-refractivity contribution in [1.82, 2.24) is 4.31 Å². The highest BCUT2D eigenvalue weighted by molar-refractivity contribution is 7.92. The summed E-state index contributed by atoms with van der Waals surface area (Å²) < 4.78 is 64.6. The third-order valence-electron chi connectivity index (χ3n) is 5.39. The summed E-state index contributed by atoms with van der Waals surface area (Å²) in [5.41, 5.74) is 1.30. The Labute approximate surface area is 188 Å². The van der Waals surface area contributed by atoms with Crippen LogP contribution in [0.5, 0.6) is 0 Å². The molecule has 1 amide bonds. The maximum Gasteiger partial charge on any atom is 0.231 e. The molecule has 0 bridgehead atoms. The first-order chi connectivity index (χ1) is 15.0. The third-order valence-corrected chi connectivity index (χ3v) is 8.41. The van der Waals surface area contributed by atoms with Crippen molar-refractivity contribution in [3.05, 3.63) is 59.9 Å². The van der Waals surface area contributed by atoms with Gasteiger partial charge < -0.3 is 5.32 Å². The smallest absolute Gasteiger partial charge is 0.231 e. The van der Waals surface area contributed by atoms with E-state index < -0.39 is 31.8 Å². The van der Waals surface area contributed by atoms with Crippen molar-refractivity contribution >= 4 is 37.3 Å². The quantitative estimate of drug-likeness (QED) is 0.651. The number of hydrogen-bond acceptors (Lipinski definition) is 5. The topological polar surface area (TPSA) is 104 Å². The lowest BCUT2D eigenvalue weighted by Gasteiger charge is -2.31. The van der Waals surface area contributed by atoms with Crippen molar-refractivity contribution in [3.8, 4) is 0 Å². The minimum absolute atomic E-state index is 0.0539. The van der Waals surface area contributed by atoms with Crippen molar-refractivity contribution in [2.24, 2.45) is 5.92 Å². The lowest BCUT2D eigenvalue weighted by molar-refractivity contribution is -0.120. The third kappa shape index (κ3) is 6.05. The molecule has 0 spiro atoms. The standard InChI is InChI=1S/C21H26FN3O5S2/c1-24(31(2,27)28)20-7-3-6-19(13-20)23-21(26)17-5-4-12-25(14-17)32(29,30)15-16-8-10-18(22)11-9-16/h3,6-11,13,17H,4-5,12,14-15H2,1-2H3,(H,23,26)/t17-/m0/s1. The first-order valence-electron chi connectivity index (χ1n) is 10.0. The van der Waals surface area contributed by atoms with Gasteiger partial charge in [0.25, 0.3) is 0 Å². The highest BCUT2D eigenvalue weighted by Gasteiger charge is 2.32. The zero-order valence-electron chi connectivity index (χ0n) is 17.9. The van der Waals surface area contributed by atoms with Gasteiger partial charge in [-0.3, -0.25) is 9.10 Å². The molecule has 3 rings (SSSR count). The molecule has 174 valence electrons. The number of carbonyl (C=O) groups is 1. The molecule has 8 nitrogen and oxygen atoms in total. The molecular formula is C21H26FN3O5S2. The van der Waals surface area contributed by atoms with Crippen molar-refractivity contribution < 1.29 is 26.0 Å². The summed E-state index contributed by atoms with van der Waals surface area (Å²) in [7, 11) is -5.69. The fraction of sp³-hybridized carbons (Fsp3) is 0.381. The lowest BCUT2D eigenvalue weighted by atomic mass is 9.98. The van der Waals surface area contributed by atoms with E-state index >= 15 is 0 Å². The predicted molar refractivity (Wildman–Crippen MR) is 122 cm³/mol. The molecule has 1 aliphatic rings. The molecule has 1 fully saturated rings. The molecular weight excluding hydrogens is 457 g/mol. The second-order valence-electron chi connectivity index (χ2n) is 7.85. The number of carbonyl (C=O) groups excluding carboxylic acids is 1. The van der Waals surface area contributed by atoms with E-state index in [4.69, 9.17) is 0 Å². The van der Waals surface area contributed by atoms with Gasteiger partial charge in [-0.1, -0.05) is 18.2 Å². The van der Waals surface area contributed by atoms with Gasteiger partial charge in [-0.25, -0.2) is 25.5 Å². The van der Waals surface area contributed by atoms with E-state index in [9.17, 15) is 26.0 Å². The van der Waals surface area contributed by atoms with Crippen LogP contribution in [-0.4, -0.2) is 53.4 Å². The molecule has 0 aliphatic carbocycles. The molecule has 0 aromatic heterocycles. The summed E-state index contributed by atoms with van der Waals surface area (Å²) in [4.78, 5) is 12.8. The van der Waals surface area contributed by atoms with Crippen LogP contribution in [0.15, 0.2) is 48.5 Å². The maximum atomic E-state index is 13.1. The van der Waals surface area contributed by atoms with Gasteiger partial charge in [-0.2, -0.15) is 0 Å². The minimum atomic E-state index is -3.67. The number of nitrogens with one attached hydrogen (secondary N) is 1. The van der Waals surface area contributed by atoms with Gasteiger partial charge in [0.15, 0.2) is 0 Å². The van der Waals surface area contributed by atoms with Crippen molar-refractivity contribution in [2.45, 2.75) is 18.6 Å². The van der Waals surface area contributed by atoms with Gasteiger partial charge in [0.05, 0.1) is 23.6 Å². The van der Waals surface area contributed by atoms with Crippen LogP contribution < -0.4 is 9.62 Å². The number of benzene rings is 2. The van der Waals surface area contributed by atoms with Crippen LogP contribution in [0.3, 0.4) is 0 Å². The highest BCUT2D eigenvalue weighted by atomic mass is 32.2. The highest BCUT2D eigenvalue weighted by Crippen LogP contribution is 2.25. The van der Waals surface area contributed by atoms with E-state index in [0.29, 0.717) is 36.3 Å². The zero-order valence-corrected chi connectivity index (χ0v) is 19.5. The van der Waals surface area contributed by atoms with Gasteiger partial charge in [0, 0.05) is 25.8 Å². The number of piperidine rings is 1. The van der Waals surface area contributed by atoms with Gasteiger partial charge in [-0.15, -0.1) is 0 Å². The monoisotopic (exact) mass is 483 g/mol. The average Bonchev–Trinajstić information content (AvgIpc) is 2.74. The van der Waals surface area contributed by atoms with E-state index in [2.05, 4.69) is 5.32 Å². The Morgan fingerprint density at radius 3 is 2.50 bits per heavy atom. The number of halogens is 1. The molecule has 2 aromatic rings. The number of hydrogen-bond donors (Lipinski definition) is 1. The molecule has 1 aliphatic heterocycles. The molecule has 1 N–H and O–H groups in total. The second-order valence-corrected chi connectivity index (χ2v) is 11.8. The SMILES string of the molecule is CN(c1cccc(NC(=O)[C@H]2CCCN(S(=O)(=O)Cc3ccc(F)cc3)C2)c1)S(C)(=O)=O. The second kappa shape index (κ2) is 9.55. The summed E-state index contributed by atoms with van der Waals surface area (Å²) in [6.45, 7) is 0.375. The zero-order chi connectivity index (χ0) is 23.5. The van der Waals surface area contributed by atoms with Crippen LogP contribution >= 0.6 is 0 Å². The summed E-state index contributed by atoms with van der Waals surface area (Å²) >= 11 is 0. The van der Waals surface area contributed by atoms with Crippen LogP contribution in [0.2, 0.25) is 0 Å². The first-order valence-corrected chi connectivity index (χ1v) is 13.5. The normalized spacial score (nSPS) is 17.7. The maximum absolute atomic E-state index is 13.1. The summed E-state index contributed by atoms with van der Waals surface area (Å²) in [5, 5.41) is 2.76. The fourth-order valence-electron chi connectivity index (χ4n) is 3.51. The fourth-order valence-corrected chi connectivity index (χ4v) is 5.61. The number of nitrogens with zero attached hydrogens (tertiary/aromatic N) is 2. The van der Waals surface area contributed by atoms with Gasteiger partial charge >= 0.3 is 0 Å². The summed E-state index contributed by atoms with van der Waals surface area (Å²) in [5.74, 6) is -1.57. The first kappa shape index (κ1) is 24.1. The molecule has 0 unspecified atom stereocenters. The Morgan fingerprint density at radius 2 is 1.84 bits per heavy atom. The molecule has 0 saturated carbocycles. The van der Waals surface area contributed by atoms with E-state index in [1.165, 1.54) is 35.6 Å². The summed E-state index contributed by atoms with van der Waals surface area (Å²) in [6, 6.07) is 11.7. The Kier molecular flexibility index (Phi) is 7.21. The molecule has 2 aromatic carbocycles. The Bertz CT molecular complexity index is 1180. The number of anilines is 2. The van der Waals surface area contributed by atoms with Crippen molar-refractivity contribution in [2.75, 3.05) is 36.0 Å². The van der Waals surface area contributed by atoms with Crippen LogP contribution in [0.25, 0.3) is 0 Å². The van der Waals surface area contributed by atoms with E-state index in [0.717, 1.165) is 10.6 Å².